The van der Waals surface area contributed by atoms with Gasteiger partial charge in [0.05, 0.1) is 17.7 Å². The van der Waals surface area contributed by atoms with Gasteiger partial charge in [-0.3, -0.25) is 13.9 Å². The first-order valence-corrected chi connectivity index (χ1v) is 14.4. The van der Waals surface area contributed by atoms with Crippen LogP contribution in [0.4, 0.5) is 5.69 Å². The van der Waals surface area contributed by atoms with Gasteiger partial charge in [0.25, 0.3) is 10.0 Å². The molecule has 0 aliphatic rings. The number of nitrogens with one attached hydrogen (secondary N) is 1. The monoisotopic (exact) mass is 551 g/mol. The lowest BCUT2D eigenvalue weighted by Gasteiger charge is -2.32. The molecular weight excluding hydrogens is 514 g/mol. The molecule has 208 valence electrons. The van der Waals surface area contributed by atoms with E-state index in [0.29, 0.717) is 5.75 Å². The minimum atomic E-state index is -4.17. The van der Waals surface area contributed by atoms with Crippen LogP contribution in [0.25, 0.3) is 0 Å². The van der Waals surface area contributed by atoms with Crippen LogP contribution in [0.15, 0.2) is 83.8 Å². The molecule has 0 heterocycles. The lowest BCUT2D eigenvalue weighted by Crippen LogP contribution is -2.52. The zero-order valence-corrected chi connectivity index (χ0v) is 23.9. The summed E-state index contributed by atoms with van der Waals surface area (Å²) in [6, 6.07) is 21.5. The number of anilines is 1. The van der Waals surface area contributed by atoms with Crippen LogP contribution in [0.3, 0.4) is 0 Å². The van der Waals surface area contributed by atoms with E-state index < -0.39 is 28.5 Å². The predicted molar refractivity (Wildman–Crippen MR) is 153 cm³/mol. The van der Waals surface area contributed by atoms with Crippen LogP contribution < -0.4 is 14.4 Å². The Bertz CT molecular complexity index is 1360. The van der Waals surface area contributed by atoms with Crippen molar-refractivity contribution >= 4 is 27.5 Å². The van der Waals surface area contributed by atoms with Crippen LogP contribution in [-0.2, 0) is 26.2 Å². The molecule has 39 heavy (non-hydrogen) atoms. The van der Waals surface area contributed by atoms with E-state index in [1.807, 2.05) is 51.1 Å². The van der Waals surface area contributed by atoms with Crippen LogP contribution in [0, 0.1) is 6.92 Å². The third-order valence-electron chi connectivity index (χ3n) is 6.61. The number of ether oxygens (including phenoxy) is 1. The number of rotatable bonds is 12. The minimum absolute atomic E-state index is 0.0453. The molecule has 3 rings (SSSR count). The Hall–Kier alpha value is -3.85. The Balaban J connectivity index is 2.05. The van der Waals surface area contributed by atoms with Crippen LogP contribution in [0.2, 0.25) is 0 Å². The van der Waals surface area contributed by atoms with Crippen LogP contribution >= 0.6 is 0 Å². The summed E-state index contributed by atoms with van der Waals surface area (Å²) in [6.45, 7) is 6.99. The second-order valence-corrected chi connectivity index (χ2v) is 11.4. The Morgan fingerprint density at radius 2 is 1.54 bits per heavy atom. The van der Waals surface area contributed by atoms with Crippen molar-refractivity contribution in [2.45, 2.75) is 57.6 Å². The van der Waals surface area contributed by atoms with Gasteiger partial charge in [0.2, 0.25) is 11.8 Å². The molecule has 0 saturated heterocycles. The van der Waals surface area contributed by atoms with Crippen molar-refractivity contribution in [2.24, 2.45) is 0 Å². The van der Waals surface area contributed by atoms with Crippen molar-refractivity contribution in [3.8, 4) is 5.75 Å². The van der Waals surface area contributed by atoms with Crippen molar-refractivity contribution in [2.75, 3.05) is 18.0 Å². The largest absolute Gasteiger partial charge is 0.495 e. The maximum absolute atomic E-state index is 14.0. The van der Waals surface area contributed by atoms with Crippen LogP contribution in [-0.4, -0.2) is 50.9 Å². The average Bonchev–Trinajstić information content (AvgIpc) is 2.94. The molecule has 0 fully saturated rings. The maximum atomic E-state index is 14.0. The second-order valence-electron chi connectivity index (χ2n) is 9.50. The zero-order chi connectivity index (χ0) is 28.6. The zero-order valence-electron chi connectivity index (χ0n) is 23.1. The van der Waals surface area contributed by atoms with E-state index in [9.17, 15) is 18.0 Å². The van der Waals surface area contributed by atoms with E-state index in [2.05, 4.69) is 5.32 Å². The number of carbonyl (C=O) groups is 2. The van der Waals surface area contributed by atoms with Gasteiger partial charge in [-0.15, -0.1) is 0 Å². The smallest absolute Gasteiger partial charge is 0.264 e. The van der Waals surface area contributed by atoms with Crippen molar-refractivity contribution in [1.29, 1.82) is 0 Å². The van der Waals surface area contributed by atoms with Gasteiger partial charge >= 0.3 is 0 Å². The number of sulfonamides is 1. The van der Waals surface area contributed by atoms with Gasteiger partial charge in [-0.1, -0.05) is 67.1 Å². The Morgan fingerprint density at radius 3 is 2.15 bits per heavy atom. The van der Waals surface area contributed by atoms with Crippen molar-refractivity contribution in [3.05, 3.63) is 90.0 Å². The Labute approximate surface area is 231 Å². The molecule has 0 aliphatic carbocycles. The first kappa shape index (κ1) is 29.7. The van der Waals surface area contributed by atoms with E-state index in [0.717, 1.165) is 21.9 Å². The number of hydrogen-bond acceptors (Lipinski definition) is 5. The predicted octanol–water partition coefficient (Wildman–Crippen LogP) is 4.53. The van der Waals surface area contributed by atoms with Gasteiger partial charge < -0.3 is 15.0 Å². The van der Waals surface area contributed by atoms with E-state index >= 15 is 0 Å². The first-order chi connectivity index (χ1) is 18.6. The van der Waals surface area contributed by atoms with Gasteiger partial charge in [0.15, 0.2) is 0 Å². The summed E-state index contributed by atoms with van der Waals surface area (Å²) in [5, 5.41) is 2.93. The average molecular weight is 552 g/mol. The van der Waals surface area contributed by atoms with Gasteiger partial charge in [0, 0.05) is 12.6 Å². The molecule has 0 bridgehead atoms. The fourth-order valence-electron chi connectivity index (χ4n) is 4.01. The van der Waals surface area contributed by atoms with Crippen LogP contribution in [0.5, 0.6) is 5.75 Å². The lowest BCUT2D eigenvalue weighted by atomic mass is 10.1. The van der Waals surface area contributed by atoms with Gasteiger partial charge in [-0.2, -0.15) is 0 Å². The number of nitrogens with zero attached hydrogens (tertiary/aromatic N) is 2. The van der Waals surface area contributed by atoms with Gasteiger partial charge in [-0.05, 0) is 57.0 Å². The molecule has 0 spiro atoms. The number of carbonyl (C=O) groups excluding carboxylic acids is 2. The van der Waals surface area contributed by atoms with Crippen molar-refractivity contribution in [1.82, 2.24) is 10.2 Å². The summed E-state index contributed by atoms with van der Waals surface area (Å²) in [7, 11) is -2.72. The third kappa shape index (κ3) is 7.38. The summed E-state index contributed by atoms with van der Waals surface area (Å²) < 4.78 is 34.4. The molecule has 0 aliphatic heterocycles. The van der Waals surface area contributed by atoms with Crippen molar-refractivity contribution < 1.29 is 22.7 Å². The Morgan fingerprint density at radius 1 is 0.923 bits per heavy atom. The summed E-state index contributed by atoms with van der Waals surface area (Å²) in [6.07, 6.45) is 0.738. The Kier molecular flexibility index (Phi) is 10.1. The van der Waals surface area contributed by atoms with Crippen LogP contribution in [0.1, 0.15) is 38.3 Å². The van der Waals surface area contributed by atoms with E-state index in [1.54, 1.807) is 43.3 Å². The molecule has 0 radical (unpaired) electrons. The SMILES string of the molecule is CC[C@H](C)NC(=O)[C@@H](C)N(Cc1ccccc1)C(=O)CN(c1ccccc1OC)S(=O)(=O)c1ccc(C)cc1. The minimum Gasteiger partial charge on any atom is -0.495 e. The highest BCUT2D eigenvalue weighted by Gasteiger charge is 2.33. The molecule has 0 saturated carbocycles. The number of hydrogen-bond donors (Lipinski definition) is 1. The molecule has 8 nitrogen and oxygen atoms in total. The quantitative estimate of drug-likeness (QED) is 0.357. The number of para-hydroxylation sites is 2. The molecular formula is C30H37N3O5S. The van der Waals surface area contributed by atoms with E-state index in [4.69, 9.17) is 4.74 Å². The normalized spacial score (nSPS) is 12.7. The number of aryl methyl sites for hydroxylation is 1. The topological polar surface area (TPSA) is 96.0 Å². The molecule has 0 unspecified atom stereocenters. The maximum Gasteiger partial charge on any atom is 0.264 e. The summed E-state index contributed by atoms with van der Waals surface area (Å²) in [5.74, 6) is -0.524. The van der Waals surface area contributed by atoms with Gasteiger partial charge in [-0.25, -0.2) is 8.42 Å². The molecule has 0 aromatic heterocycles. The van der Waals surface area contributed by atoms with E-state index in [-0.39, 0.29) is 29.1 Å². The number of methoxy groups -OCH3 is 1. The molecule has 2 atom stereocenters. The fraction of sp³-hybridized carbons (Fsp3) is 0.333. The molecule has 3 aromatic carbocycles. The molecule has 1 N–H and O–H groups in total. The third-order valence-corrected chi connectivity index (χ3v) is 8.38. The highest BCUT2D eigenvalue weighted by molar-refractivity contribution is 7.92. The van der Waals surface area contributed by atoms with Gasteiger partial charge in [0.1, 0.15) is 18.3 Å². The summed E-state index contributed by atoms with van der Waals surface area (Å²) in [4.78, 5) is 28.5. The highest BCUT2D eigenvalue weighted by atomic mass is 32.2. The first-order valence-electron chi connectivity index (χ1n) is 12.9. The number of benzene rings is 3. The van der Waals surface area contributed by atoms with Crippen molar-refractivity contribution in [3.63, 3.8) is 0 Å². The molecule has 2 amide bonds. The fourth-order valence-corrected chi connectivity index (χ4v) is 5.44. The molecule has 3 aromatic rings. The lowest BCUT2D eigenvalue weighted by molar-refractivity contribution is -0.139. The summed E-state index contributed by atoms with van der Waals surface area (Å²) >= 11 is 0. The number of amides is 2. The highest BCUT2D eigenvalue weighted by Crippen LogP contribution is 2.32. The summed E-state index contributed by atoms with van der Waals surface area (Å²) in [5.41, 5.74) is 1.95. The second kappa shape index (κ2) is 13.3. The van der Waals surface area contributed by atoms with E-state index in [1.165, 1.54) is 24.1 Å². The molecule has 9 heteroatoms. The standard InChI is InChI=1S/C30H37N3O5S/c1-6-23(3)31-30(35)24(4)32(20-25-12-8-7-9-13-25)29(34)21-33(27-14-10-11-15-28(27)38-5)39(36,37)26-18-16-22(2)17-19-26/h7-19,23-24H,6,20-21H2,1-5H3,(H,31,35)/t23-,24+/m0/s1.